The van der Waals surface area contributed by atoms with Crippen molar-refractivity contribution in [1.82, 2.24) is 9.88 Å². The van der Waals surface area contributed by atoms with Crippen LogP contribution in [0.5, 0.6) is 0 Å². The third-order valence-corrected chi connectivity index (χ3v) is 6.40. The summed E-state index contributed by atoms with van der Waals surface area (Å²) in [5, 5.41) is 13.4. The molecule has 0 amide bonds. The van der Waals surface area contributed by atoms with Crippen molar-refractivity contribution in [3.63, 3.8) is 0 Å². The van der Waals surface area contributed by atoms with Gasteiger partial charge in [-0.3, -0.25) is 0 Å². The summed E-state index contributed by atoms with van der Waals surface area (Å²) in [6, 6.07) is 14.8. The summed E-state index contributed by atoms with van der Waals surface area (Å²) in [6.07, 6.45) is 0. The molecule has 0 aliphatic heterocycles. The molecule has 4 heteroatoms. The number of aryl methyl sites for hydroxylation is 3. The normalized spacial score (nSPS) is 12.2. The molecule has 3 aromatic rings. The molecule has 0 saturated carbocycles. The average molecular weight is 419 g/mol. The lowest BCUT2D eigenvalue weighted by Crippen LogP contribution is -2.21. The molecule has 0 bridgehead atoms. The first-order valence-corrected chi connectivity index (χ1v) is 10.9. The van der Waals surface area contributed by atoms with Crippen molar-refractivity contribution in [2.45, 2.75) is 60.5 Å². The third-order valence-electron chi connectivity index (χ3n) is 6.40. The summed E-state index contributed by atoms with van der Waals surface area (Å²) < 4.78 is 2.16. The largest absolute Gasteiger partial charge is 0.478 e. The van der Waals surface area contributed by atoms with Crippen LogP contribution < -0.4 is 5.32 Å². The molecule has 2 N–H and O–H groups in total. The zero-order chi connectivity index (χ0) is 22.7. The Morgan fingerprint density at radius 3 is 2.16 bits per heavy atom. The van der Waals surface area contributed by atoms with Crippen LogP contribution >= 0.6 is 0 Å². The highest BCUT2D eigenvalue weighted by molar-refractivity contribution is 5.91. The van der Waals surface area contributed by atoms with E-state index in [0.29, 0.717) is 24.6 Å². The minimum absolute atomic E-state index is 0.357. The second-order valence-corrected chi connectivity index (χ2v) is 8.74. The SMILES string of the molecule is Cc1cc(C)c(Cn2c(C)c(CNC[C@@H](C)c3ccccc3)c(C(=O)O)c2C)c(C)c1. The van der Waals surface area contributed by atoms with E-state index in [1.165, 1.54) is 27.8 Å². The standard InChI is InChI=1S/C27H34N2O2/c1-17-12-18(2)25(19(3)13-17)16-29-21(5)24(26(22(29)6)27(30)31)15-28-14-20(4)23-10-8-7-9-11-23/h7-13,20,28H,14-16H2,1-6H3,(H,30,31)/t20-/m1/s1. The van der Waals surface area contributed by atoms with Gasteiger partial charge < -0.3 is 15.0 Å². The second-order valence-electron chi connectivity index (χ2n) is 8.74. The van der Waals surface area contributed by atoms with Crippen LogP contribution in [0.15, 0.2) is 42.5 Å². The molecule has 0 aliphatic rings. The summed E-state index contributed by atoms with van der Waals surface area (Å²) in [7, 11) is 0. The topological polar surface area (TPSA) is 54.3 Å². The molecular formula is C27H34N2O2. The lowest BCUT2D eigenvalue weighted by molar-refractivity contribution is 0.0694. The van der Waals surface area contributed by atoms with Gasteiger partial charge in [0.05, 0.1) is 5.56 Å². The highest BCUT2D eigenvalue weighted by Gasteiger charge is 2.23. The van der Waals surface area contributed by atoms with Crippen molar-refractivity contribution in [1.29, 1.82) is 0 Å². The number of aromatic nitrogens is 1. The monoisotopic (exact) mass is 418 g/mol. The Kier molecular flexibility index (Phi) is 7.01. The summed E-state index contributed by atoms with van der Waals surface area (Å²) in [5.74, 6) is -0.500. The lowest BCUT2D eigenvalue weighted by Gasteiger charge is -2.16. The summed E-state index contributed by atoms with van der Waals surface area (Å²) in [6.45, 7) is 14.6. The molecule has 4 nitrogen and oxygen atoms in total. The van der Waals surface area contributed by atoms with Crippen molar-refractivity contribution in [3.8, 4) is 0 Å². The van der Waals surface area contributed by atoms with Gasteiger partial charge >= 0.3 is 5.97 Å². The van der Waals surface area contributed by atoms with E-state index in [-0.39, 0.29) is 0 Å². The van der Waals surface area contributed by atoms with E-state index >= 15 is 0 Å². The molecule has 0 saturated heterocycles. The van der Waals surface area contributed by atoms with Crippen molar-refractivity contribution >= 4 is 5.97 Å². The molecule has 3 rings (SSSR count). The van der Waals surface area contributed by atoms with E-state index in [1.807, 2.05) is 19.9 Å². The van der Waals surface area contributed by atoms with Gasteiger partial charge in [-0.15, -0.1) is 0 Å². The van der Waals surface area contributed by atoms with E-state index in [2.05, 4.69) is 74.0 Å². The molecular weight excluding hydrogens is 384 g/mol. The Morgan fingerprint density at radius 1 is 0.968 bits per heavy atom. The Hall–Kier alpha value is -2.85. The van der Waals surface area contributed by atoms with Gasteiger partial charge in [-0.1, -0.05) is 55.0 Å². The number of aromatic carboxylic acids is 1. The van der Waals surface area contributed by atoms with Crippen LogP contribution in [0.25, 0.3) is 0 Å². The zero-order valence-corrected chi connectivity index (χ0v) is 19.5. The van der Waals surface area contributed by atoms with Crippen LogP contribution in [0.2, 0.25) is 0 Å². The molecule has 164 valence electrons. The Morgan fingerprint density at radius 2 is 1.58 bits per heavy atom. The first kappa shape index (κ1) is 22.8. The Balaban J connectivity index is 1.85. The maximum absolute atomic E-state index is 12.1. The fourth-order valence-corrected chi connectivity index (χ4v) is 4.62. The predicted octanol–water partition coefficient (Wildman–Crippen LogP) is 5.67. The number of carboxylic acid groups (broad SMARTS) is 1. The lowest BCUT2D eigenvalue weighted by atomic mass is 9.99. The number of carboxylic acids is 1. The first-order valence-electron chi connectivity index (χ1n) is 10.9. The fraction of sp³-hybridized carbons (Fsp3) is 0.370. The average Bonchev–Trinajstić information content (AvgIpc) is 2.95. The van der Waals surface area contributed by atoms with Crippen molar-refractivity contribution < 1.29 is 9.90 Å². The summed E-state index contributed by atoms with van der Waals surface area (Å²) >= 11 is 0. The molecule has 0 unspecified atom stereocenters. The predicted molar refractivity (Wildman–Crippen MR) is 127 cm³/mol. The molecule has 1 atom stereocenters. The van der Waals surface area contributed by atoms with Crippen LogP contribution in [-0.4, -0.2) is 22.2 Å². The van der Waals surface area contributed by atoms with Crippen LogP contribution in [0.1, 0.15) is 68.0 Å². The molecule has 1 heterocycles. The number of hydrogen-bond acceptors (Lipinski definition) is 2. The smallest absolute Gasteiger partial charge is 0.337 e. The molecule has 0 spiro atoms. The number of carbonyl (C=O) groups is 1. The second kappa shape index (κ2) is 9.52. The quantitative estimate of drug-likeness (QED) is 0.495. The number of nitrogens with one attached hydrogen (secondary N) is 1. The highest BCUT2D eigenvalue weighted by Crippen LogP contribution is 2.26. The Labute approximate surface area is 185 Å². The molecule has 31 heavy (non-hydrogen) atoms. The zero-order valence-electron chi connectivity index (χ0n) is 19.5. The van der Waals surface area contributed by atoms with Gasteiger partial charge in [0.2, 0.25) is 0 Å². The fourth-order valence-electron chi connectivity index (χ4n) is 4.62. The van der Waals surface area contributed by atoms with Crippen molar-refractivity contribution in [2.24, 2.45) is 0 Å². The molecule has 0 fully saturated rings. The van der Waals surface area contributed by atoms with E-state index in [9.17, 15) is 9.90 Å². The Bertz CT molecular complexity index is 1060. The minimum Gasteiger partial charge on any atom is -0.478 e. The molecule has 2 aromatic carbocycles. The first-order chi connectivity index (χ1) is 14.7. The van der Waals surface area contributed by atoms with Crippen LogP contribution in [-0.2, 0) is 13.1 Å². The van der Waals surface area contributed by atoms with Crippen LogP contribution in [0.3, 0.4) is 0 Å². The van der Waals surface area contributed by atoms with Crippen molar-refractivity contribution in [2.75, 3.05) is 6.54 Å². The summed E-state index contributed by atoms with van der Waals surface area (Å²) in [5.41, 5.74) is 9.45. The highest BCUT2D eigenvalue weighted by atomic mass is 16.4. The number of nitrogens with zero attached hydrogens (tertiary/aromatic N) is 1. The maximum Gasteiger partial charge on any atom is 0.337 e. The van der Waals surface area contributed by atoms with Gasteiger partial charge in [-0.2, -0.15) is 0 Å². The van der Waals surface area contributed by atoms with E-state index in [4.69, 9.17) is 0 Å². The van der Waals surface area contributed by atoms with Crippen LogP contribution in [0.4, 0.5) is 0 Å². The van der Waals surface area contributed by atoms with E-state index in [1.54, 1.807) is 0 Å². The number of benzene rings is 2. The molecule has 1 aromatic heterocycles. The van der Waals surface area contributed by atoms with Gasteiger partial charge in [0.25, 0.3) is 0 Å². The van der Waals surface area contributed by atoms with Gasteiger partial charge in [0.1, 0.15) is 0 Å². The summed E-state index contributed by atoms with van der Waals surface area (Å²) in [4.78, 5) is 12.1. The van der Waals surface area contributed by atoms with Crippen LogP contribution in [0, 0.1) is 34.6 Å². The molecule has 0 radical (unpaired) electrons. The van der Waals surface area contributed by atoms with Gasteiger partial charge in [0.15, 0.2) is 0 Å². The maximum atomic E-state index is 12.1. The minimum atomic E-state index is -0.857. The van der Waals surface area contributed by atoms with Gasteiger partial charge in [-0.25, -0.2) is 4.79 Å². The molecule has 0 aliphatic carbocycles. The van der Waals surface area contributed by atoms with E-state index < -0.39 is 5.97 Å². The third kappa shape index (κ3) is 4.91. The number of hydrogen-bond donors (Lipinski definition) is 2. The number of rotatable bonds is 8. The van der Waals surface area contributed by atoms with Gasteiger partial charge in [-0.05, 0) is 62.8 Å². The van der Waals surface area contributed by atoms with Crippen molar-refractivity contribution in [3.05, 3.63) is 92.8 Å². The van der Waals surface area contributed by atoms with E-state index in [0.717, 1.165) is 23.5 Å². The van der Waals surface area contributed by atoms with Gasteiger partial charge in [0, 0.05) is 36.6 Å².